The van der Waals surface area contributed by atoms with Gasteiger partial charge in [-0.25, -0.2) is 0 Å². The number of nitrogens with zero attached hydrogens (tertiary/aromatic N) is 1. The van der Waals surface area contributed by atoms with Crippen LogP contribution in [0.15, 0.2) is 0 Å². The van der Waals surface area contributed by atoms with E-state index in [0.29, 0.717) is 6.04 Å². The third kappa shape index (κ3) is 3.96. The van der Waals surface area contributed by atoms with Gasteiger partial charge in [0.15, 0.2) is 0 Å². The van der Waals surface area contributed by atoms with Crippen molar-refractivity contribution in [1.82, 2.24) is 10.2 Å². The van der Waals surface area contributed by atoms with Crippen LogP contribution >= 0.6 is 0 Å². The van der Waals surface area contributed by atoms with Crippen molar-refractivity contribution in [1.29, 1.82) is 0 Å². The molecular formula is C15H30N2. The summed E-state index contributed by atoms with van der Waals surface area (Å²) >= 11 is 0. The average molecular weight is 238 g/mol. The van der Waals surface area contributed by atoms with Crippen LogP contribution < -0.4 is 5.32 Å². The molecular weight excluding hydrogens is 208 g/mol. The fourth-order valence-corrected chi connectivity index (χ4v) is 3.09. The standard InChI is InChI=1S/C15H30N2/c1-4-13-5-9-15(10-6-13)17(3)12(2)11-16-14-7-8-14/h12-16H,4-11H2,1-3H3. The number of rotatable bonds is 6. The second kappa shape index (κ2) is 6.19. The highest BCUT2D eigenvalue weighted by molar-refractivity contribution is 4.85. The quantitative estimate of drug-likeness (QED) is 0.765. The summed E-state index contributed by atoms with van der Waals surface area (Å²) in [5, 5.41) is 3.65. The van der Waals surface area contributed by atoms with Crippen molar-refractivity contribution in [3.8, 4) is 0 Å². The van der Waals surface area contributed by atoms with Gasteiger partial charge in [0.25, 0.3) is 0 Å². The lowest BCUT2D eigenvalue weighted by Crippen LogP contribution is -2.45. The molecule has 0 amide bonds. The van der Waals surface area contributed by atoms with Crippen molar-refractivity contribution in [2.24, 2.45) is 5.92 Å². The van der Waals surface area contributed by atoms with Crippen LogP contribution in [0.3, 0.4) is 0 Å². The molecule has 0 aromatic heterocycles. The lowest BCUT2D eigenvalue weighted by molar-refractivity contribution is 0.125. The van der Waals surface area contributed by atoms with Gasteiger partial charge < -0.3 is 5.32 Å². The molecule has 0 spiro atoms. The van der Waals surface area contributed by atoms with E-state index in [2.05, 4.69) is 31.1 Å². The smallest absolute Gasteiger partial charge is 0.0192 e. The van der Waals surface area contributed by atoms with Gasteiger partial charge in [0.1, 0.15) is 0 Å². The summed E-state index contributed by atoms with van der Waals surface area (Å²) in [7, 11) is 2.33. The van der Waals surface area contributed by atoms with Crippen molar-refractivity contribution < 1.29 is 0 Å². The zero-order chi connectivity index (χ0) is 12.3. The van der Waals surface area contributed by atoms with Crippen LogP contribution in [0.5, 0.6) is 0 Å². The Kier molecular flexibility index (Phi) is 4.87. The van der Waals surface area contributed by atoms with Crippen molar-refractivity contribution in [3.63, 3.8) is 0 Å². The monoisotopic (exact) mass is 238 g/mol. The summed E-state index contributed by atoms with van der Waals surface area (Å²) in [4.78, 5) is 2.63. The summed E-state index contributed by atoms with van der Waals surface area (Å²) in [5.41, 5.74) is 0. The molecule has 0 aromatic rings. The first-order valence-electron chi connectivity index (χ1n) is 7.66. The largest absolute Gasteiger partial charge is 0.312 e. The van der Waals surface area contributed by atoms with E-state index in [-0.39, 0.29) is 0 Å². The van der Waals surface area contributed by atoms with Crippen molar-refractivity contribution in [2.45, 2.75) is 76.9 Å². The minimum atomic E-state index is 0.693. The number of hydrogen-bond acceptors (Lipinski definition) is 2. The Morgan fingerprint density at radius 1 is 1.12 bits per heavy atom. The molecule has 2 saturated carbocycles. The third-order valence-corrected chi connectivity index (χ3v) is 4.94. The van der Waals surface area contributed by atoms with Crippen LogP contribution in [0, 0.1) is 5.92 Å². The third-order valence-electron chi connectivity index (χ3n) is 4.94. The Hall–Kier alpha value is -0.0800. The molecule has 0 radical (unpaired) electrons. The first kappa shape index (κ1) is 13.4. The Labute approximate surface area is 107 Å². The minimum absolute atomic E-state index is 0.693. The molecule has 17 heavy (non-hydrogen) atoms. The average Bonchev–Trinajstić information content (AvgIpc) is 3.19. The first-order chi connectivity index (χ1) is 8.20. The minimum Gasteiger partial charge on any atom is -0.312 e. The van der Waals surface area contributed by atoms with Gasteiger partial charge in [-0.2, -0.15) is 0 Å². The molecule has 0 aliphatic heterocycles. The summed E-state index contributed by atoms with van der Waals surface area (Å²) in [5.74, 6) is 1.01. The maximum Gasteiger partial charge on any atom is 0.0192 e. The molecule has 1 unspecified atom stereocenters. The zero-order valence-corrected chi connectivity index (χ0v) is 11.9. The van der Waals surface area contributed by atoms with Gasteiger partial charge in [0, 0.05) is 24.7 Å². The van der Waals surface area contributed by atoms with E-state index < -0.39 is 0 Å². The van der Waals surface area contributed by atoms with E-state index in [1.165, 1.54) is 51.5 Å². The lowest BCUT2D eigenvalue weighted by Gasteiger charge is -2.38. The maximum absolute atomic E-state index is 3.65. The highest BCUT2D eigenvalue weighted by Gasteiger charge is 2.27. The number of hydrogen-bond donors (Lipinski definition) is 1. The summed E-state index contributed by atoms with van der Waals surface area (Å²) < 4.78 is 0. The number of likely N-dealkylation sites (N-methyl/N-ethyl adjacent to an activating group) is 1. The topological polar surface area (TPSA) is 15.3 Å². The summed E-state index contributed by atoms with van der Waals surface area (Å²) in [6.45, 7) is 5.90. The predicted octanol–water partition coefficient (Wildman–Crippen LogP) is 3.03. The molecule has 100 valence electrons. The Balaban J connectivity index is 1.68. The second-order valence-electron chi connectivity index (χ2n) is 6.28. The van der Waals surface area contributed by atoms with E-state index in [9.17, 15) is 0 Å². The molecule has 2 fully saturated rings. The summed E-state index contributed by atoms with van der Waals surface area (Å²) in [6, 6.07) is 2.38. The predicted molar refractivity (Wildman–Crippen MR) is 74.3 cm³/mol. The van der Waals surface area contributed by atoms with Gasteiger partial charge in [0.2, 0.25) is 0 Å². The van der Waals surface area contributed by atoms with E-state index in [1.54, 1.807) is 0 Å². The molecule has 2 aliphatic rings. The molecule has 2 heteroatoms. The van der Waals surface area contributed by atoms with E-state index >= 15 is 0 Å². The van der Waals surface area contributed by atoms with Gasteiger partial charge in [0.05, 0.1) is 0 Å². The van der Waals surface area contributed by atoms with Crippen LogP contribution in [-0.4, -0.2) is 36.6 Å². The van der Waals surface area contributed by atoms with Gasteiger partial charge in [-0.1, -0.05) is 13.3 Å². The molecule has 2 rings (SSSR count). The van der Waals surface area contributed by atoms with Gasteiger partial charge >= 0.3 is 0 Å². The Morgan fingerprint density at radius 3 is 2.29 bits per heavy atom. The van der Waals surface area contributed by atoms with Gasteiger partial charge in [-0.3, -0.25) is 4.90 Å². The molecule has 0 bridgehead atoms. The van der Waals surface area contributed by atoms with E-state index in [1.807, 2.05) is 0 Å². The van der Waals surface area contributed by atoms with Gasteiger partial charge in [-0.05, 0) is 58.4 Å². The molecule has 2 nitrogen and oxygen atoms in total. The Bertz CT molecular complexity index is 217. The maximum atomic E-state index is 3.65. The zero-order valence-electron chi connectivity index (χ0n) is 11.9. The normalized spacial score (nSPS) is 31.8. The van der Waals surface area contributed by atoms with Crippen LogP contribution in [0.25, 0.3) is 0 Å². The number of nitrogens with one attached hydrogen (secondary N) is 1. The molecule has 1 N–H and O–H groups in total. The second-order valence-corrected chi connectivity index (χ2v) is 6.28. The van der Waals surface area contributed by atoms with Crippen molar-refractivity contribution in [2.75, 3.05) is 13.6 Å². The fourth-order valence-electron chi connectivity index (χ4n) is 3.09. The van der Waals surface area contributed by atoms with Crippen molar-refractivity contribution in [3.05, 3.63) is 0 Å². The van der Waals surface area contributed by atoms with Crippen molar-refractivity contribution >= 4 is 0 Å². The van der Waals surface area contributed by atoms with E-state index in [4.69, 9.17) is 0 Å². The Morgan fingerprint density at radius 2 is 1.76 bits per heavy atom. The SMILES string of the molecule is CCC1CCC(N(C)C(C)CNC2CC2)CC1. The lowest BCUT2D eigenvalue weighted by atomic mass is 9.84. The highest BCUT2D eigenvalue weighted by atomic mass is 15.2. The van der Waals surface area contributed by atoms with Crippen LogP contribution in [-0.2, 0) is 0 Å². The van der Waals surface area contributed by atoms with Crippen LogP contribution in [0.4, 0.5) is 0 Å². The molecule has 0 heterocycles. The molecule has 1 atom stereocenters. The molecule has 2 aliphatic carbocycles. The van der Waals surface area contributed by atoms with E-state index in [0.717, 1.165) is 18.0 Å². The highest BCUT2D eigenvalue weighted by Crippen LogP contribution is 2.29. The summed E-state index contributed by atoms with van der Waals surface area (Å²) in [6.07, 6.45) is 9.93. The first-order valence-corrected chi connectivity index (χ1v) is 7.66. The molecule has 0 aromatic carbocycles. The van der Waals surface area contributed by atoms with Gasteiger partial charge in [-0.15, -0.1) is 0 Å². The molecule has 0 saturated heterocycles. The van der Waals surface area contributed by atoms with Crippen LogP contribution in [0.2, 0.25) is 0 Å². The van der Waals surface area contributed by atoms with Crippen LogP contribution in [0.1, 0.15) is 58.8 Å². The fraction of sp³-hybridized carbons (Fsp3) is 1.00.